The van der Waals surface area contributed by atoms with Gasteiger partial charge >= 0.3 is 0 Å². The molecule has 2 unspecified atom stereocenters. The molecule has 3 nitrogen and oxygen atoms in total. The fourth-order valence-electron chi connectivity index (χ4n) is 2.68. The van der Waals surface area contributed by atoms with Crippen LogP contribution in [0.15, 0.2) is 28.7 Å². The molecule has 1 fully saturated rings. The Morgan fingerprint density at radius 1 is 1.35 bits per heavy atom. The summed E-state index contributed by atoms with van der Waals surface area (Å²) in [5.41, 5.74) is 2.00. The van der Waals surface area contributed by atoms with Crippen molar-refractivity contribution in [2.45, 2.75) is 19.4 Å². The lowest BCUT2D eigenvalue weighted by Crippen LogP contribution is -2.11. The predicted octanol–water partition coefficient (Wildman–Crippen LogP) is 2.81. The van der Waals surface area contributed by atoms with E-state index in [9.17, 15) is 5.11 Å². The zero-order chi connectivity index (χ0) is 11.8. The Kier molecular flexibility index (Phi) is 2.65. The first-order chi connectivity index (χ1) is 8.31. The highest BCUT2D eigenvalue weighted by Gasteiger charge is 2.32. The molecule has 3 rings (SSSR count). The Hall–Kier alpha value is -1.32. The lowest BCUT2D eigenvalue weighted by Gasteiger charge is -2.16. The van der Waals surface area contributed by atoms with E-state index in [2.05, 4.69) is 6.07 Å². The van der Waals surface area contributed by atoms with Gasteiger partial charge in [0.2, 0.25) is 0 Å². The van der Waals surface area contributed by atoms with Crippen LogP contribution in [0.2, 0.25) is 0 Å². The van der Waals surface area contributed by atoms with Crippen molar-refractivity contribution < 1.29 is 14.3 Å². The van der Waals surface area contributed by atoms with Crippen LogP contribution in [0.5, 0.6) is 0 Å². The molecule has 17 heavy (non-hydrogen) atoms. The normalized spacial score (nSPS) is 24.6. The predicted molar refractivity (Wildman–Crippen MR) is 64.8 cm³/mol. The molecular formula is C14H16O3. The molecule has 2 atom stereocenters. The molecule has 1 saturated heterocycles. The highest BCUT2D eigenvalue weighted by molar-refractivity contribution is 5.82. The number of para-hydroxylation sites is 1. The smallest absolute Gasteiger partial charge is 0.134 e. The third-order valence-corrected chi connectivity index (χ3v) is 3.55. The van der Waals surface area contributed by atoms with Crippen LogP contribution >= 0.6 is 0 Å². The summed E-state index contributed by atoms with van der Waals surface area (Å²) in [5.74, 6) is 1.09. The molecule has 3 heteroatoms. The molecule has 1 aliphatic rings. The van der Waals surface area contributed by atoms with E-state index in [1.54, 1.807) is 0 Å². The van der Waals surface area contributed by atoms with Gasteiger partial charge in [-0.15, -0.1) is 0 Å². The summed E-state index contributed by atoms with van der Waals surface area (Å²) in [6, 6.07) is 7.99. The zero-order valence-corrected chi connectivity index (χ0v) is 9.85. The van der Waals surface area contributed by atoms with Crippen LogP contribution in [0.4, 0.5) is 0 Å². The second-order valence-electron chi connectivity index (χ2n) is 4.59. The van der Waals surface area contributed by atoms with E-state index in [1.165, 1.54) is 0 Å². The minimum Gasteiger partial charge on any atom is -0.461 e. The molecule has 1 aliphatic heterocycles. The largest absolute Gasteiger partial charge is 0.461 e. The molecule has 0 aliphatic carbocycles. The zero-order valence-electron chi connectivity index (χ0n) is 9.85. The van der Waals surface area contributed by atoms with Crippen molar-refractivity contribution in [2.24, 2.45) is 5.92 Å². The van der Waals surface area contributed by atoms with E-state index in [4.69, 9.17) is 9.15 Å². The first kappa shape index (κ1) is 10.8. The van der Waals surface area contributed by atoms with E-state index in [0.717, 1.165) is 35.3 Å². The molecule has 0 amide bonds. The van der Waals surface area contributed by atoms with Gasteiger partial charge in [0.1, 0.15) is 11.3 Å². The number of aliphatic hydroxyl groups is 1. The molecular weight excluding hydrogens is 216 g/mol. The van der Waals surface area contributed by atoms with E-state index >= 15 is 0 Å². The van der Waals surface area contributed by atoms with Crippen molar-refractivity contribution in [3.05, 3.63) is 35.6 Å². The molecule has 90 valence electrons. The molecule has 1 aromatic carbocycles. The summed E-state index contributed by atoms with van der Waals surface area (Å²) < 4.78 is 11.5. The SMILES string of the molecule is Cc1oc2ccccc2c1C1OCCC1CO. The summed E-state index contributed by atoms with van der Waals surface area (Å²) in [5, 5.41) is 10.5. The summed E-state index contributed by atoms with van der Waals surface area (Å²) in [6.45, 7) is 2.85. The number of aliphatic hydroxyl groups excluding tert-OH is 1. The van der Waals surface area contributed by atoms with E-state index in [-0.39, 0.29) is 18.6 Å². The molecule has 0 bridgehead atoms. The number of hydrogen-bond donors (Lipinski definition) is 1. The van der Waals surface area contributed by atoms with Gasteiger partial charge in [0, 0.05) is 30.1 Å². The van der Waals surface area contributed by atoms with Crippen LogP contribution in [0.25, 0.3) is 11.0 Å². The summed E-state index contributed by atoms with van der Waals surface area (Å²) >= 11 is 0. The molecule has 0 spiro atoms. The quantitative estimate of drug-likeness (QED) is 0.865. The molecule has 0 radical (unpaired) electrons. The fourth-order valence-corrected chi connectivity index (χ4v) is 2.68. The Bertz CT molecular complexity index is 529. The summed E-state index contributed by atoms with van der Waals surface area (Å²) in [7, 11) is 0. The molecule has 2 aromatic rings. The van der Waals surface area contributed by atoms with Crippen LogP contribution < -0.4 is 0 Å². The standard InChI is InChI=1S/C14H16O3/c1-9-13(14-10(8-15)6-7-16-14)11-4-2-3-5-12(11)17-9/h2-5,10,14-15H,6-8H2,1H3. The van der Waals surface area contributed by atoms with Gasteiger partial charge in [-0.05, 0) is 19.4 Å². The van der Waals surface area contributed by atoms with E-state index in [0.29, 0.717) is 0 Å². The minimum atomic E-state index is -0.0244. The summed E-state index contributed by atoms with van der Waals surface area (Å²) in [4.78, 5) is 0. The molecule has 1 N–H and O–H groups in total. The number of rotatable bonds is 2. The lowest BCUT2D eigenvalue weighted by atomic mass is 9.94. The topological polar surface area (TPSA) is 42.6 Å². The molecule has 0 saturated carbocycles. The Labute approximate surface area is 100.0 Å². The van der Waals surface area contributed by atoms with Gasteiger partial charge in [-0.2, -0.15) is 0 Å². The average Bonchev–Trinajstić information content (AvgIpc) is 2.90. The lowest BCUT2D eigenvalue weighted by molar-refractivity contribution is 0.0719. The maximum absolute atomic E-state index is 9.39. The third-order valence-electron chi connectivity index (χ3n) is 3.55. The first-order valence-electron chi connectivity index (χ1n) is 6.01. The van der Waals surface area contributed by atoms with Crippen molar-refractivity contribution >= 4 is 11.0 Å². The third kappa shape index (κ3) is 1.66. The van der Waals surface area contributed by atoms with Crippen molar-refractivity contribution in [1.82, 2.24) is 0 Å². The highest BCUT2D eigenvalue weighted by Crippen LogP contribution is 2.40. The maximum atomic E-state index is 9.39. The highest BCUT2D eigenvalue weighted by atomic mass is 16.5. The number of furan rings is 1. The van der Waals surface area contributed by atoms with Crippen molar-refractivity contribution in [3.8, 4) is 0 Å². The van der Waals surface area contributed by atoms with Crippen molar-refractivity contribution in [2.75, 3.05) is 13.2 Å². The first-order valence-corrected chi connectivity index (χ1v) is 6.01. The van der Waals surface area contributed by atoms with Crippen LogP contribution in [0.1, 0.15) is 23.8 Å². The van der Waals surface area contributed by atoms with Crippen LogP contribution in [0, 0.1) is 12.8 Å². The number of hydrogen-bond acceptors (Lipinski definition) is 3. The summed E-state index contributed by atoms with van der Waals surface area (Å²) in [6.07, 6.45) is 0.892. The van der Waals surface area contributed by atoms with Crippen LogP contribution in [-0.4, -0.2) is 18.3 Å². The number of ether oxygens (including phenoxy) is 1. The van der Waals surface area contributed by atoms with Crippen LogP contribution in [-0.2, 0) is 4.74 Å². The van der Waals surface area contributed by atoms with Gasteiger partial charge in [-0.25, -0.2) is 0 Å². The van der Waals surface area contributed by atoms with Gasteiger partial charge in [0.05, 0.1) is 6.10 Å². The van der Waals surface area contributed by atoms with Gasteiger partial charge in [0.15, 0.2) is 0 Å². The molecule has 1 aromatic heterocycles. The second kappa shape index (κ2) is 4.17. The number of fused-ring (bicyclic) bond motifs is 1. The average molecular weight is 232 g/mol. The molecule has 2 heterocycles. The van der Waals surface area contributed by atoms with E-state index in [1.807, 2.05) is 25.1 Å². The number of aryl methyl sites for hydroxylation is 1. The Morgan fingerprint density at radius 2 is 2.18 bits per heavy atom. The van der Waals surface area contributed by atoms with E-state index < -0.39 is 0 Å². The maximum Gasteiger partial charge on any atom is 0.134 e. The Morgan fingerprint density at radius 3 is 3.00 bits per heavy atom. The monoisotopic (exact) mass is 232 g/mol. The van der Waals surface area contributed by atoms with Gasteiger partial charge in [0.25, 0.3) is 0 Å². The van der Waals surface area contributed by atoms with Gasteiger partial charge < -0.3 is 14.3 Å². The fraction of sp³-hybridized carbons (Fsp3) is 0.429. The van der Waals surface area contributed by atoms with Crippen molar-refractivity contribution in [3.63, 3.8) is 0 Å². The minimum absolute atomic E-state index is 0.0244. The van der Waals surface area contributed by atoms with Gasteiger partial charge in [-0.3, -0.25) is 0 Å². The second-order valence-corrected chi connectivity index (χ2v) is 4.59. The van der Waals surface area contributed by atoms with Crippen molar-refractivity contribution in [1.29, 1.82) is 0 Å². The van der Waals surface area contributed by atoms with Crippen LogP contribution in [0.3, 0.4) is 0 Å². The number of benzene rings is 1. The van der Waals surface area contributed by atoms with Gasteiger partial charge in [-0.1, -0.05) is 18.2 Å². The Balaban J connectivity index is 2.13.